The van der Waals surface area contributed by atoms with Gasteiger partial charge in [-0.2, -0.15) is 0 Å². The van der Waals surface area contributed by atoms with Gasteiger partial charge in [0.2, 0.25) is 0 Å². The van der Waals surface area contributed by atoms with E-state index in [0.717, 1.165) is 25.2 Å². The van der Waals surface area contributed by atoms with Crippen LogP contribution in [0.1, 0.15) is 38.2 Å². The lowest BCUT2D eigenvalue weighted by atomic mass is 9.67. The third kappa shape index (κ3) is 2.22. The highest BCUT2D eigenvalue weighted by atomic mass is 16.5. The van der Waals surface area contributed by atoms with Crippen LogP contribution in [0.3, 0.4) is 0 Å². The van der Waals surface area contributed by atoms with E-state index in [1.807, 2.05) is 0 Å². The Labute approximate surface area is 97.8 Å². The van der Waals surface area contributed by atoms with Gasteiger partial charge in [-0.3, -0.25) is 0 Å². The molecule has 0 bridgehead atoms. The normalized spacial score (nSPS) is 28.6. The molecular formula is C14H21NO. The van der Waals surface area contributed by atoms with Gasteiger partial charge in [0.15, 0.2) is 0 Å². The Morgan fingerprint density at radius 3 is 2.50 bits per heavy atom. The molecule has 1 saturated carbocycles. The van der Waals surface area contributed by atoms with Crippen LogP contribution >= 0.6 is 0 Å². The zero-order valence-electron chi connectivity index (χ0n) is 10.1. The molecular weight excluding hydrogens is 198 g/mol. The third-order valence-corrected chi connectivity index (χ3v) is 3.62. The van der Waals surface area contributed by atoms with Crippen molar-refractivity contribution in [3.63, 3.8) is 0 Å². The third-order valence-electron chi connectivity index (χ3n) is 3.62. The van der Waals surface area contributed by atoms with Gasteiger partial charge in [0.05, 0.1) is 6.61 Å². The second-order valence-electron chi connectivity index (χ2n) is 4.78. The van der Waals surface area contributed by atoms with Crippen molar-refractivity contribution in [2.75, 3.05) is 6.61 Å². The van der Waals surface area contributed by atoms with Crippen molar-refractivity contribution < 1.29 is 4.74 Å². The molecule has 0 heterocycles. The van der Waals surface area contributed by atoms with Crippen LogP contribution in [0, 0.1) is 5.92 Å². The van der Waals surface area contributed by atoms with Crippen LogP contribution in [-0.4, -0.2) is 12.6 Å². The summed E-state index contributed by atoms with van der Waals surface area (Å²) < 4.78 is 5.56. The molecule has 1 aromatic rings. The second kappa shape index (κ2) is 4.88. The molecule has 1 aliphatic rings. The highest BCUT2D eigenvalue weighted by Crippen LogP contribution is 2.41. The number of rotatable bonds is 4. The zero-order valence-corrected chi connectivity index (χ0v) is 10.1. The fourth-order valence-electron chi connectivity index (χ4n) is 2.30. The first kappa shape index (κ1) is 11.5. The molecule has 2 nitrogen and oxygen atoms in total. The minimum Gasteiger partial charge on any atom is -0.494 e. The Hall–Kier alpha value is -1.02. The predicted octanol–water partition coefficient (Wildman–Crippen LogP) is 2.93. The lowest BCUT2D eigenvalue weighted by molar-refractivity contribution is 0.226. The summed E-state index contributed by atoms with van der Waals surface area (Å²) in [7, 11) is 0. The van der Waals surface area contributed by atoms with E-state index in [2.05, 4.69) is 38.1 Å². The van der Waals surface area contributed by atoms with Gasteiger partial charge in [0.1, 0.15) is 5.75 Å². The average Bonchev–Trinajstić information content (AvgIpc) is 2.34. The van der Waals surface area contributed by atoms with Gasteiger partial charge in [0, 0.05) is 6.04 Å². The van der Waals surface area contributed by atoms with E-state index in [0.29, 0.717) is 17.9 Å². The van der Waals surface area contributed by atoms with Crippen LogP contribution < -0.4 is 10.5 Å². The maximum absolute atomic E-state index is 5.92. The Kier molecular flexibility index (Phi) is 3.49. The SMILES string of the molecule is CCCOc1ccc(C2CC(N)C2C)cc1. The molecule has 88 valence electrons. The van der Waals surface area contributed by atoms with E-state index in [4.69, 9.17) is 10.5 Å². The first-order chi connectivity index (χ1) is 7.72. The maximum Gasteiger partial charge on any atom is 0.119 e. The van der Waals surface area contributed by atoms with Crippen LogP contribution in [0.25, 0.3) is 0 Å². The quantitative estimate of drug-likeness (QED) is 0.845. The van der Waals surface area contributed by atoms with Gasteiger partial charge < -0.3 is 10.5 Å². The van der Waals surface area contributed by atoms with Crippen molar-refractivity contribution in [3.05, 3.63) is 29.8 Å². The lowest BCUT2D eigenvalue weighted by Crippen LogP contribution is -2.44. The first-order valence-corrected chi connectivity index (χ1v) is 6.20. The van der Waals surface area contributed by atoms with Gasteiger partial charge in [-0.25, -0.2) is 0 Å². The predicted molar refractivity (Wildman–Crippen MR) is 66.7 cm³/mol. The summed E-state index contributed by atoms with van der Waals surface area (Å²) in [5.41, 5.74) is 7.32. The highest BCUT2D eigenvalue weighted by Gasteiger charge is 2.35. The molecule has 2 heteroatoms. The van der Waals surface area contributed by atoms with Gasteiger partial charge in [-0.1, -0.05) is 26.0 Å². The largest absolute Gasteiger partial charge is 0.494 e. The Bertz CT molecular complexity index is 333. The standard InChI is InChI=1S/C14H21NO/c1-3-8-16-12-6-4-11(5-7-12)13-9-14(15)10(13)2/h4-7,10,13-14H,3,8-9,15H2,1-2H3. The summed E-state index contributed by atoms with van der Waals surface area (Å²) in [6.07, 6.45) is 2.17. The van der Waals surface area contributed by atoms with Gasteiger partial charge >= 0.3 is 0 Å². The Morgan fingerprint density at radius 2 is 2.00 bits per heavy atom. The van der Waals surface area contributed by atoms with Gasteiger partial charge in [0.25, 0.3) is 0 Å². The maximum atomic E-state index is 5.92. The molecule has 0 saturated heterocycles. The Balaban J connectivity index is 1.97. The van der Waals surface area contributed by atoms with Crippen molar-refractivity contribution in [2.45, 2.75) is 38.6 Å². The van der Waals surface area contributed by atoms with Crippen LogP contribution in [-0.2, 0) is 0 Å². The summed E-state index contributed by atoms with van der Waals surface area (Å²) >= 11 is 0. The smallest absolute Gasteiger partial charge is 0.119 e. The topological polar surface area (TPSA) is 35.2 Å². The lowest BCUT2D eigenvalue weighted by Gasteiger charge is -2.40. The van der Waals surface area contributed by atoms with Crippen molar-refractivity contribution in [1.29, 1.82) is 0 Å². The van der Waals surface area contributed by atoms with Crippen molar-refractivity contribution in [1.82, 2.24) is 0 Å². The van der Waals surface area contributed by atoms with Gasteiger partial charge in [-0.05, 0) is 42.4 Å². The minimum atomic E-state index is 0.390. The number of benzene rings is 1. The Morgan fingerprint density at radius 1 is 1.31 bits per heavy atom. The molecule has 2 N–H and O–H groups in total. The second-order valence-corrected chi connectivity index (χ2v) is 4.78. The minimum absolute atomic E-state index is 0.390. The van der Waals surface area contributed by atoms with E-state index in [9.17, 15) is 0 Å². The molecule has 0 radical (unpaired) electrons. The van der Waals surface area contributed by atoms with E-state index >= 15 is 0 Å². The monoisotopic (exact) mass is 219 g/mol. The van der Waals surface area contributed by atoms with Crippen molar-refractivity contribution >= 4 is 0 Å². The molecule has 1 fully saturated rings. The van der Waals surface area contributed by atoms with Crippen molar-refractivity contribution in [3.8, 4) is 5.75 Å². The molecule has 0 amide bonds. The summed E-state index contributed by atoms with van der Waals surface area (Å²) in [5, 5.41) is 0. The summed E-state index contributed by atoms with van der Waals surface area (Å²) in [6, 6.07) is 8.89. The molecule has 1 aromatic carbocycles. The summed E-state index contributed by atoms with van der Waals surface area (Å²) in [4.78, 5) is 0. The summed E-state index contributed by atoms with van der Waals surface area (Å²) in [5.74, 6) is 2.24. The molecule has 0 aliphatic heterocycles. The average molecular weight is 219 g/mol. The van der Waals surface area contributed by atoms with Crippen molar-refractivity contribution in [2.24, 2.45) is 11.7 Å². The summed E-state index contributed by atoms with van der Waals surface area (Å²) in [6.45, 7) is 5.15. The van der Waals surface area contributed by atoms with Crippen LogP contribution in [0.5, 0.6) is 5.75 Å². The number of nitrogens with two attached hydrogens (primary N) is 1. The first-order valence-electron chi connectivity index (χ1n) is 6.20. The van der Waals surface area contributed by atoms with E-state index in [-0.39, 0.29) is 0 Å². The fraction of sp³-hybridized carbons (Fsp3) is 0.571. The molecule has 2 rings (SSSR count). The van der Waals surface area contributed by atoms with Crippen LogP contribution in [0.4, 0.5) is 0 Å². The fourth-order valence-corrected chi connectivity index (χ4v) is 2.30. The number of ether oxygens (including phenoxy) is 1. The molecule has 1 aliphatic carbocycles. The van der Waals surface area contributed by atoms with Crippen LogP contribution in [0.2, 0.25) is 0 Å². The number of hydrogen-bond donors (Lipinski definition) is 1. The number of hydrogen-bond acceptors (Lipinski definition) is 2. The van der Waals surface area contributed by atoms with E-state index < -0.39 is 0 Å². The van der Waals surface area contributed by atoms with E-state index in [1.165, 1.54) is 5.56 Å². The van der Waals surface area contributed by atoms with Crippen LogP contribution in [0.15, 0.2) is 24.3 Å². The molecule has 3 atom stereocenters. The molecule has 0 spiro atoms. The molecule has 3 unspecified atom stereocenters. The van der Waals surface area contributed by atoms with Gasteiger partial charge in [-0.15, -0.1) is 0 Å². The molecule has 16 heavy (non-hydrogen) atoms. The highest BCUT2D eigenvalue weighted by molar-refractivity contribution is 5.31. The van der Waals surface area contributed by atoms with E-state index in [1.54, 1.807) is 0 Å². The molecule has 0 aromatic heterocycles. The zero-order chi connectivity index (χ0) is 11.5.